The van der Waals surface area contributed by atoms with E-state index < -0.39 is 36.1 Å². The molecule has 23 heavy (non-hydrogen) atoms. The van der Waals surface area contributed by atoms with Gasteiger partial charge in [0.05, 0.1) is 18.7 Å². The summed E-state index contributed by atoms with van der Waals surface area (Å²) in [5, 5.41) is 11.5. The van der Waals surface area contributed by atoms with Crippen molar-refractivity contribution in [2.24, 2.45) is 0 Å². The van der Waals surface area contributed by atoms with Gasteiger partial charge in [0.2, 0.25) is 11.6 Å². The van der Waals surface area contributed by atoms with E-state index >= 15 is 0 Å². The van der Waals surface area contributed by atoms with Gasteiger partial charge < -0.3 is 20.1 Å². The van der Waals surface area contributed by atoms with Crippen molar-refractivity contribution in [1.29, 1.82) is 0 Å². The van der Waals surface area contributed by atoms with Gasteiger partial charge in [-0.1, -0.05) is 12.1 Å². The van der Waals surface area contributed by atoms with Crippen LogP contribution in [0.1, 0.15) is 12.8 Å². The van der Waals surface area contributed by atoms with E-state index in [0.717, 1.165) is 4.90 Å². The summed E-state index contributed by atoms with van der Waals surface area (Å²) < 4.78 is 19.5. The minimum absolute atomic E-state index is 0.00651. The Morgan fingerprint density at radius 2 is 2.17 bits per heavy atom. The molecule has 0 bridgehead atoms. The lowest BCUT2D eigenvalue weighted by molar-refractivity contribution is -0.150. The average Bonchev–Trinajstić information content (AvgIpc) is 2.92. The number of hydrogen-bond donors (Lipinski definition) is 2. The molecule has 1 fully saturated rings. The number of carbonyl (C=O) groups is 3. The molecule has 2 aliphatic rings. The second-order valence-corrected chi connectivity index (χ2v) is 5.63. The molecule has 122 valence electrons. The van der Waals surface area contributed by atoms with E-state index in [1.165, 1.54) is 0 Å². The molecule has 2 atom stereocenters. The van der Waals surface area contributed by atoms with Gasteiger partial charge >= 0.3 is 5.97 Å². The molecule has 8 heteroatoms. The number of carbonyl (C=O) groups excluding carboxylic acids is 2. The molecule has 7 nitrogen and oxygen atoms in total. The number of alkyl halides is 1. The molecule has 0 radical (unpaired) electrons. The molecule has 2 aliphatic heterocycles. The molecule has 0 aromatic heterocycles. The normalized spacial score (nSPS) is 26.2. The van der Waals surface area contributed by atoms with Crippen LogP contribution < -0.4 is 10.1 Å². The van der Waals surface area contributed by atoms with Gasteiger partial charge in [-0.15, -0.1) is 0 Å². The van der Waals surface area contributed by atoms with Gasteiger partial charge in [0, 0.05) is 13.0 Å². The quantitative estimate of drug-likeness (QED) is 0.858. The van der Waals surface area contributed by atoms with E-state index in [0.29, 0.717) is 11.4 Å². The Kier molecular flexibility index (Phi) is 3.67. The van der Waals surface area contributed by atoms with Gasteiger partial charge in [-0.05, 0) is 12.1 Å². The number of fused-ring (bicyclic) bond motifs is 1. The van der Waals surface area contributed by atoms with Gasteiger partial charge in [-0.3, -0.25) is 9.59 Å². The van der Waals surface area contributed by atoms with Crippen LogP contribution in [0.2, 0.25) is 0 Å². The highest BCUT2D eigenvalue weighted by Crippen LogP contribution is 2.31. The number of carboxylic acid groups (broad SMARTS) is 1. The molecule has 2 unspecified atom stereocenters. The summed E-state index contributed by atoms with van der Waals surface area (Å²) >= 11 is 0. The van der Waals surface area contributed by atoms with Crippen molar-refractivity contribution in [3.63, 3.8) is 0 Å². The zero-order valence-electron chi connectivity index (χ0n) is 12.1. The smallest absolute Gasteiger partial charge is 0.343 e. The number of rotatable bonds is 3. The highest BCUT2D eigenvalue weighted by Gasteiger charge is 2.47. The molecular weight excluding hydrogens is 307 g/mol. The number of para-hydroxylation sites is 2. The number of anilines is 1. The largest absolute Gasteiger partial charge is 0.479 e. The molecule has 0 aliphatic carbocycles. The minimum Gasteiger partial charge on any atom is -0.479 e. The Morgan fingerprint density at radius 1 is 1.43 bits per heavy atom. The number of halogens is 1. The summed E-state index contributed by atoms with van der Waals surface area (Å²) in [5.74, 6) is -2.09. The van der Waals surface area contributed by atoms with Crippen LogP contribution in [-0.4, -0.2) is 52.7 Å². The van der Waals surface area contributed by atoms with Gasteiger partial charge in [0.25, 0.3) is 5.91 Å². The monoisotopic (exact) mass is 322 g/mol. The zero-order chi connectivity index (χ0) is 16.6. The number of likely N-dealkylation sites (tertiary alicyclic amines) is 1. The molecule has 1 aromatic carbocycles. The van der Waals surface area contributed by atoms with Crippen molar-refractivity contribution < 1.29 is 28.6 Å². The lowest BCUT2D eigenvalue weighted by atomic mass is 10.1. The third-order valence-electron chi connectivity index (χ3n) is 4.02. The number of nitrogens with one attached hydrogen (secondary N) is 1. The number of carboxylic acids is 1. The van der Waals surface area contributed by atoms with Crippen molar-refractivity contribution in [2.45, 2.75) is 24.6 Å². The predicted molar refractivity (Wildman–Crippen MR) is 76.8 cm³/mol. The average molecular weight is 322 g/mol. The Bertz CT molecular complexity index is 680. The Morgan fingerprint density at radius 3 is 2.87 bits per heavy atom. The van der Waals surface area contributed by atoms with E-state index in [4.69, 9.17) is 9.84 Å². The van der Waals surface area contributed by atoms with E-state index in [1.807, 2.05) is 0 Å². The maximum absolute atomic E-state index is 14.0. The van der Waals surface area contributed by atoms with Crippen molar-refractivity contribution in [2.75, 3.05) is 18.4 Å². The van der Waals surface area contributed by atoms with E-state index in [1.54, 1.807) is 24.3 Å². The van der Waals surface area contributed by atoms with Gasteiger partial charge in [-0.25, -0.2) is 9.18 Å². The summed E-state index contributed by atoms with van der Waals surface area (Å²) in [6.07, 6.45) is -1.54. The topological polar surface area (TPSA) is 95.9 Å². The summed E-state index contributed by atoms with van der Waals surface area (Å²) in [4.78, 5) is 36.1. The number of ether oxygens (including phenoxy) is 1. The van der Waals surface area contributed by atoms with Crippen LogP contribution in [-0.2, 0) is 14.4 Å². The van der Waals surface area contributed by atoms with Crippen LogP contribution in [0.3, 0.4) is 0 Å². The van der Waals surface area contributed by atoms with Crippen LogP contribution in [0.15, 0.2) is 24.3 Å². The number of nitrogens with zero attached hydrogens (tertiary/aromatic N) is 1. The fourth-order valence-electron chi connectivity index (χ4n) is 2.68. The van der Waals surface area contributed by atoms with Crippen LogP contribution in [0, 0.1) is 0 Å². The maximum atomic E-state index is 14.0. The first-order valence-corrected chi connectivity index (χ1v) is 7.16. The first kappa shape index (κ1) is 15.3. The Labute approximate surface area is 131 Å². The van der Waals surface area contributed by atoms with Crippen LogP contribution in [0.4, 0.5) is 10.1 Å². The molecule has 1 aromatic rings. The van der Waals surface area contributed by atoms with Crippen molar-refractivity contribution in [3.8, 4) is 5.75 Å². The summed E-state index contributed by atoms with van der Waals surface area (Å²) in [5.41, 5.74) is -1.89. The van der Waals surface area contributed by atoms with Gasteiger partial charge in [0.1, 0.15) is 5.75 Å². The van der Waals surface area contributed by atoms with Crippen molar-refractivity contribution in [1.82, 2.24) is 4.90 Å². The van der Waals surface area contributed by atoms with Gasteiger partial charge in [0.15, 0.2) is 6.10 Å². The molecule has 2 heterocycles. The molecule has 1 saturated heterocycles. The summed E-state index contributed by atoms with van der Waals surface area (Å²) in [7, 11) is 0. The number of amides is 2. The molecule has 3 rings (SSSR count). The number of benzene rings is 1. The maximum Gasteiger partial charge on any atom is 0.343 e. The van der Waals surface area contributed by atoms with E-state index in [-0.39, 0.29) is 19.4 Å². The molecule has 0 saturated carbocycles. The lowest BCUT2D eigenvalue weighted by Gasteiger charge is -2.27. The fraction of sp³-hybridized carbons (Fsp3) is 0.400. The molecule has 2 amide bonds. The first-order valence-electron chi connectivity index (χ1n) is 7.16. The molecular formula is C15H15FN2O5. The molecule has 0 spiro atoms. The first-order chi connectivity index (χ1) is 10.9. The van der Waals surface area contributed by atoms with Crippen LogP contribution in [0.5, 0.6) is 5.75 Å². The predicted octanol–water partition coefficient (Wildman–Crippen LogP) is 0.801. The second kappa shape index (κ2) is 5.53. The minimum atomic E-state index is -2.42. The summed E-state index contributed by atoms with van der Waals surface area (Å²) in [6, 6.07) is 6.82. The third-order valence-corrected chi connectivity index (χ3v) is 4.02. The van der Waals surface area contributed by atoms with E-state index in [2.05, 4.69) is 5.32 Å². The van der Waals surface area contributed by atoms with Crippen molar-refractivity contribution >= 4 is 23.5 Å². The van der Waals surface area contributed by atoms with Crippen LogP contribution >= 0.6 is 0 Å². The zero-order valence-corrected chi connectivity index (χ0v) is 12.1. The number of aliphatic carboxylic acids is 1. The van der Waals surface area contributed by atoms with Crippen molar-refractivity contribution in [3.05, 3.63) is 24.3 Å². The highest BCUT2D eigenvalue weighted by atomic mass is 19.1. The summed E-state index contributed by atoms with van der Waals surface area (Å²) in [6.45, 7) is -0.501. The third kappa shape index (κ3) is 2.84. The Hall–Kier alpha value is -2.64. The van der Waals surface area contributed by atoms with Gasteiger partial charge in [-0.2, -0.15) is 0 Å². The lowest BCUT2D eigenvalue weighted by Crippen LogP contribution is -2.43. The molecule has 2 N–H and O–H groups in total. The number of hydrogen-bond acceptors (Lipinski definition) is 4. The van der Waals surface area contributed by atoms with Crippen LogP contribution in [0.25, 0.3) is 0 Å². The Balaban J connectivity index is 1.65. The highest BCUT2D eigenvalue weighted by molar-refractivity contribution is 6.00. The standard InChI is InChI=1S/C15H15FN2O5/c16-15(14(21)22)5-6-18(8-15)12(19)7-11-13(20)17-9-3-1-2-4-10(9)23-11/h1-4,11H,5-8H2,(H,17,20)(H,21,22). The fourth-order valence-corrected chi connectivity index (χ4v) is 2.68. The SMILES string of the molecule is O=C1Nc2ccccc2OC1CC(=O)N1CCC(F)(C(=O)O)C1. The second-order valence-electron chi connectivity index (χ2n) is 5.63. The van der Waals surface area contributed by atoms with E-state index in [9.17, 15) is 18.8 Å².